The lowest BCUT2D eigenvalue weighted by Crippen LogP contribution is -2.74. The Hall–Kier alpha value is -9.79. The molecule has 0 aliphatic carbocycles. The van der Waals surface area contributed by atoms with E-state index in [1.807, 2.05) is 72.8 Å². The number of rotatable bonds is 10. The molecule has 0 saturated heterocycles. The van der Waals surface area contributed by atoms with Crippen molar-refractivity contribution >= 4 is 56.3 Å². The molecule has 0 radical (unpaired) electrons. The molecule has 2 heterocycles. The first-order valence-corrected chi connectivity index (χ1v) is 25.8. The van der Waals surface area contributed by atoms with Crippen molar-refractivity contribution in [2.75, 3.05) is 0 Å². The first kappa shape index (κ1) is 43.5. The zero-order valence-corrected chi connectivity index (χ0v) is 39.9. The number of aromatic nitrogens is 4. The van der Waals surface area contributed by atoms with Crippen LogP contribution in [0, 0.1) is 17.9 Å². The number of hydrogen-bond donors (Lipinski definition) is 0. The van der Waals surface area contributed by atoms with Crippen LogP contribution in [-0.4, -0.2) is 27.6 Å². The molecule has 6 nitrogen and oxygen atoms in total. The summed E-state index contributed by atoms with van der Waals surface area (Å²) in [5, 5.41) is 17.2. The van der Waals surface area contributed by atoms with Crippen LogP contribution in [0.2, 0.25) is 0 Å². The average molecular weight is 935 g/mol. The van der Waals surface area contributed by atoms with Crippen molar-refractivity contribution < 1.29 is 0 Å². The summed E-state index contributed by atoms with van der Waals surface area (Å²) >= 11 is 0. The number of benzene rings is 10. The van der Waals surface area contributed by atoms with Crippen LogP contribution in [0.15, 0.2) is 255 Å². The van der Waals surface area contributed by atoms with Crippen LogP contribution < -0.4 is 20.7 Å². The molecule has 7 heteroatoms. The summed E-state index contributed by atoms with van der Waals surface area (Å²) in [6.07, 6.45) is 0. The molecule has 0 N–H and O–H groups in total. The van der Waals surface area contributed by atoms with Crippen LogP contribution in [0.1, 0.15) is 5.56 Å². The predicted molar refractivity (Wildman–Crippen MR) is 296 cm³/mol. The summed E-state index contributed by atoms with van der Waals surface area (Å²) < 4.78 is 2.31. The second kappa shape index (κ2) is 18.6. The molecule has 0 aliphatic heterocycles. The molecular formula is C65H42N6Si. The standard InChI is InChI=1S/C65H42N6Si/c1-67-52-39-45(44-66)38-51(40-52)50-35-36-61-58(42-50)57-32-17-18-33-60(57)71(61)62-37-34-49(43-59(62)65-69-63(46-20-7-2-8-21-46)68-64(70-65)47-22-9-3-10-23-47)48-24-19-31-56(41-48)72(53-25-11-4-12-26-53,54-27-13-5-14-28-54)55-29-15-6-16-30-55/h2-43H. The molecule has 2 aromatic heterocycles. The van der Waals surface area contributed by atoms with Gasteiger partial charge >= 0.3 is 0 Å². The molecule has 0 saturated carbocycles. The van der Waals surface area contributed by atoms with Crippen LogP contribution >= 0.6 is 0 Å². The highest BCUT2D eigenvalue weighted by atomic mass is 28.3. The predicted octanol–water partition coefficient (Wildman–Crippen LogP) is 13.1. The van der Waals surface area contributed by atoms with E-state index in [1.165, 1.54) is 20.7 Å². The van der Waals surface area contributed by atoms with Crippen LogP contribution in [0.4, 0.5) is 5.69 Å². The minimum atomic E-state index is -2.85. The fraction of sp³-hybridized carbons (Fsp3) is 0. The molecule has 12 aromatic rings. The first-order chi connectivity index (χ1) is 35.6. The van der Waals surface area contributed by atoms with Crippen molar-refractivity contribution in [3.63, 3.8) is 0 Å². The molecule has 0 bridgehead atoms. The molecule has 10 aromatic carbocycles. The van der Waals surface area contributed by atoms with E-state index in [1.54, 1.807) is 6.07 Å². The third-order valence-corrected chi connectivity index (χ3v) is 18.4. The SMILES string of the molecule is [C-]#[N+]c1cc(C#N)cc(-c2ccc3c(c2)c2ccccc2n3-c2ccc(-c3cccc([Si](c4ccccc4)(c4ccccc4)c4ccccc4)c3)cc2-c2nc(-c3ccccc3)nc(-c3ccccc3)n2)c1. The Bertz CT molecular complexity index is 3860. The number of fused-ring (bicyclic) bond motifs is 3. The van der Waals surface area contributed by atoms with Crippen molar-refractivity contribution in [1.82, 2.24) is 19.5 Å². The van der Waals surface area contributed by atoms with Gasteiger partial charge < -0.3 is 4.57 Å². The Balaban J connectivity index is 1.12. The van der Waals surface area contributed by atoms with Gasteiger partial charge in [-0.25, -0.2) is 19.8 Å². The van der Waals surface area contributed by atoms with E-state index in [2.05, 4.69) is 191 Å². The van der Waals surface area contributed by atoms with Gasteiger partial charge in [0.2, 0.25) is 0 Å². The van der Waals surface area contributed by atoms with Gasteiger partial charge in [-0.1, -0.05) is 206 Å². The Morgan fingerprint density at radius 1 is 0.389 bits per heavy atom. The molecular weight excluding hydrogens is 893 g/mol. The molecule has 0 unspecified atom stereocenters. The highest BCUT2D eigenvalue weighted by molar-refractivity contribution is 7.19. The number of nitriles is 1. The molecule has 336 valence electrons. The van der Waals surface area contributed by atoms with Crippen molar-refractivity contribution in [2.45, 2.75) is 0 Å². The van der Waals surface area contributed by atoms with Crippen LogP contribution in [0.5, 0.6) is 0 Å². The highest BCUT2D eigenvalue weighted by Gasteiger charge is 2.41. The van der Waals surface area contributed by atoms with Gasteiger partial charge in [-0.3, -0.25) is 0 Å². The van der Waals surface area contributed by atoms with E-state index in [0.717, 1.165) is 66.4 Å². The lowest BCUT2D eigenvalue weighted by atomic mass is 10.00. The maximum Gasteiger partial charge on any atom is 0.189 e. The van der Waals surface area contributed by atoms with E-state index in [9.17, 15) is 5.26 Å². The topological polar surface area (TPSA) is 71.8 Å². The summed E-state index contributed by atoms with van der Waals surface area (Å²) in [6.45, 7) is 7.74. The van der Waals surface area contributed by atoms with Crippen LogP contribution in [0.3, 0.4) is 0 Å². The summed E-state index contributed by atoms with van der Waals surface area (Å²) in [4.78, 5) is 19.5. The van der Waals surface area contributed by atoms with E-state index in [-0.39, 0.29) is 0 Å². The van der Waals surface area contributed by atoms with Gasteiger partial charge in [-0.2, -0.15) is 5.26 Å². The summed E-state index contributed by atoms with van der Waals surface area (Å²) in [7, 11) is -2.85. The molecule has 0 amide bonds. The van der Waals surface area contributed by atoms with Crippen molar-refractivity contribution in [3.8, 4) is 68.2 Å². The molecule has 12 rings (SSSR count). The smallest absolute Gasteiger partial charge is 0.189 e. The van der Waals surface area contributed by atoms with Crippen LogP contribution in [-0.2, 0) is 0 Å². The quantitative estimate of drug-likeness (QED) is 0.0778. The summed E-state index contributed by atoms with van der Waals surface area (Å²) in [5.74, 6) is 1.69. The van der Waals surface area contributed by atoms with Crippen molar-refractivity contribution in [1.29, 1.82) is 5.26 Å². The second-order valence-corrected chi connectivity index (χ2v) is 21.6. The Morgan fingerprint density at radius 2 is 0.875 bits per heavy atom. The van der Waals surface area contributed by atoms with Gasteiger partial charge in [-0.15, -0.1) is 0 Å². The van der Waals surface area contributed by atoms with Gasteiger partial charge in [0.15, 0.2) is 31.2 Å². The lowest BCUT2D eigenvalue weighted by Gasteiger charge is -2.34. The van der Waals surface area contributed by atoms with Gasteiger partial charge in [0.05, 0.1) is 29.4 Å². The number of nitrogens with zero attached hydrogens (tertiary/aromatic N) is 6. The molecule has 72 heavy (non-hydrogen) atoms. The Labute approximate surface area is 418 Å². The third-order valence-electron chi connectivity index (χ3n) is 13.6. The number of para-hydroxylation sites is 1. The minimum absolute atomic E-state index is 0.428. The van der Waals surface area contributed by atoms with Gasteiger partial charge in [0.25, 0.3) is 0 Å². The zero-order valence-electron chi connectivity index (χ0n) is 38.9. The van der Waals surface area contributed by atoms with Gasteiger partial charge in [-0.05, 0) is 91.5 Å². The highest BCUT2D eigenvalue weighted by Crippen LogP contribution is 2.40. The lowest BCUT2D eigenvalue weighted by molar-refractivity contribution is 1.06. The van der Waals surface area contributed by atoms with Crippen molar-refractivity contribution in [3.05, 3.63) is 272 Å². The zero-order chi connectivity index (χ0) is 48.4. The Morgan fingerprint density at radius 3 is 1.47 bits per heavy atom. The van der Waals surface area contributed by atoms with E-state index < -0.39 is 8.07 Å². The molecule has 0 aliphatic rings. The Kier molecular flexibility index (Phi) is 11.2. The molecule has 0 atom stereocenters. The van der Waals surface area contributed by atoms with E-state index in [4.69, 9.17) is 21.5 Å². The second-order valence-electron chi connectivity index (χ2n) is 17.8. The molecule has 0 spiro atoms. The fourth-order valence-electron chi connectivity index (χ4n) is 10.3. The van der Waals surface area contributed by atoms with E-state index in [0.29, 0.717) is 28.7 Å². The monoisotopic (exact) mass is 934 g/mol. The average Bonchev–Trinajstić information content (AvgIpc) is 3.80. The van der Waals surface area contributed by atoms with E-state index >= 15 is 0 Å². The molecule has 0 fully saturated rings. The largest absolute Gasteiger partial charge is 0.309 e. The third kappa shape index (κ3) is 7.73. The van der Waals surface area contributed by atoms with Crippen LogP contribution in [0.25, 0.3) is 88.8 Å². The fourth-order valence-corrected chi connectivity index (χ4v) is 15.1. The maximum atomic E-state index is 9.87. The maximum absolute atomic E-state index is 9.87. The summed E-state index contributed by atoms with van der Waals surface area (Å²) in [5.41, 5.74) is 10.2. The number of hydrogen-bond acceptors (Lipinski definition) is 4. The normalized spacial score (nSPS) is 11.3. The first-order valence-electron chi connectivity index (χ1n) is 23.8. The summed E-state index contributed by atoms with van der Waals surface area (Å²) in [6, 6.07) is 91.4. The minimum Gasteiger partial charge on any atom is -0.309 e. The van der Waals surface area contributed by atoms with Gasteiger partial charge in [0, 0.05) is 33.0 Å². The van der Waals surface area contributed by atoms with Crippen molar-refractivity contribution in [2.24, 2.45) is 0 Å². The van der Waals surface area contributed by atoms with Gasteiger partial charge in [0.1, 0.15) is 0 Å².